The van der Waals surface area contributed by atoms with E-state index in [1.54, 1.807) is 44.4 Å². The van der Waals surface area contributed by atoms with Crippen molar-refractivity contribution in [3.8, 4) is 16.9 Å². The molecule has 0 bridgehead atoms. The van der Waals surface area contributed by atoms with Crippen LogP contribution < -0.4 is 11.1 Å². The van der Waals surface area contributed by atoms with Gasteiger partial charge in [-0.3, -0.25) is 24.1 Å². The third-order valence-corrected chi connectivity index (χ3v) is 8.12. The number of aliphatic hydroxyl groups is 3. The number of fused-ring (bicyclic) bond motifs is 3. The number of phenolic OH excluding ortho intramolecular Hbond substituents is 1. The number of hydrogen-bond acceptors (Lipinski definition) is 9. The van der Waals surface area contributed by atoms with E-state index in [-0.39, 0.29) is 35.6 Å². The molecule has 7 N–H and O–H groups in total. The van der Waals surface area contributed by atoms with Gasteiger partial charge >= 0.3 is 0 Å². The molecule has 0 radical (unpaired) electrons. The van der Waals surface area contributed by atoms with Crippen molar-refractivity contribution >= 4 is 29.1 Å². The lowest BCUT2D eigenvalue weighted by molar-refractivity contribution is -0.148. The smallest absolute Gasteiger partial charge is 0.255 e. The number of ketones is 2. The number of rotatable bonds is 4. The Labute approximate surface area is 229 Å². The number of carbonyl (C=O) groups is 4. The van der Waals surface area contributed by atoms with Crippen molar-refractivity contribution in [1.29, 1.82) is 0 Å². The average Bonchev–Trinajstić information content (AvgIpc) is 2.86. The van der Waals surface area contributed by atoms with E-state index < -0.39 is 58.0 Å². The number of phenols is 1. The third-order valence-electron chi connectivity index (χ3n) is 8.12. The zero-order chi connectivity index (χ0) is 29.3. The molecule has 0 heterocycles. The summed E-state index contributed by atoms with van der Waals surface area (Å²) in [7, 11) is 3.15. The molecule has 5 rings (SSSR count). The Morgan fingerprint density at radius 1 is 1.05 bits per heavy atom. The standard InChI is InChI=1S/C29H29N3O8/c1-12(33)31-15-6-4-13(5-7-15)16-8-9-19(34)21-17(16)10-14-11-18-23(32(2)3)25(36)22(28(30)39)27(38)29(18,40)26(37)20(14)24(21)35/h4-9,14,18,23,34,36-37,40H,10-11H2,1-3H3,(H2,30,39)(H,31,33)/t14-,18-,23-,29-/m1/s1. The van der Waals surface area contributed by atoms with Crippen LogP contribution in [-0.2, 0) is 20.8 Å². The molecule has 0 unspecified atom stereocenters. The normalized spacial score (nSPS) is 25.9. The molecule has 0 aromatic heterocycles. The van der Waals surface area contributed by atoms with Gasteiger partial charge in [0.05, 0.1) is 11.6 Å². The first kappa shape index (κ1) is 27.1. The fraction of sp³-hybridized carbons (Fsp3) is 0.310. The van der Waals surface area contributed by atoms with E-state index in [0.717, 1.165) is 0 Å². The van der Waals surface area contributed by atoms with E-state index in [1.165, 1.54) is 17.9 Å². The summed E-state index contributed by atoms with van der Waals surface area (Å²) in [4.78, 5) is 52.2. The maximum atomic E-state index is 13.8. The highest BCUT2D eigenvalue weighted by molar-refractivity contribution is 6.25. The van der Waals surface area contributed by atoms with Crippen LogP contribution in [0.2, 0.25) is 0 Å². The third kappa shape index (κ3) is 3.81. The van der Waals surface area contributed by atoms with Crippen molar-refractivity contribution in [2.24, 2.45) is 17.6 Å². The predicted molar refractivity (Wildman–Crippen MR) is 143 cm³/mol. The highest BCUT2D eigenvalue weighted by atomic mass is 16.3. The minimum absolute atomic E-state index is 0.00231. The number of amides is 2. The van der Waals surface area contributed by atoms with Crippen molar-refractivity contribution in [3.63, 3.8) is 0 Å². The number of primary amides is 1. The minimum Gasteiger partial charge on any atom is -0.510 e. The highest BCUT2D eigenvalue weighted by Gasteiger charge is 2.63. The zero-order valence-corrected chi connectivity index (χ0v) is 22.1. The average molecular weight is 548 g/mol. The van der Waals surface area contributed by atoms with E-state index in [4.69, 9.17) is 5.73 Å². The van der Waals surface area contributed by atoms with E-state index in [9.17, 15) is 39.6 Å². The summed E-state index contributed by atoms with van der Waals surface area (Å²) >= 11 is 0. The summed E-state index contributed by atoms with van der Waals surface area (Å²) in [5.74, 6) is -7.15. The molecule has 11 heteroatoms. The van der Waals surface area contributed by atoms with Crippen LogP contribution >= 0.6 is 0 Å². The molecule has 0 saturated carbocycles. The second kappa shape index (κ2) is 9.32. The number of nitrogens with one attached hydrogen (secondary N) is 1. The van der Waals surface area contributed by atoms with Crippen molar-refractivity contribution in [2.75, 3.05) is 19.4 Å². The molecular formula is C29H29N3O8. The van der Waals surface area contributed by atoms with Gasteiger partial charge in [0.25, 0.3) is 5.91 Å². The second-order valence-corrected chi connectivity index (χ2v) is 10.7. The van der Waals surface area contributed by atoms with Crippen LogP contribution in [0.5, 0.6) is 5.75 Å². The molecule has 2 aromatic carbocycles. The lowest BCUT2D eigenvalue weighted by Gasteiger charge is -2.50. The summed E-state index contributed by atoms with van der Waals surface area (Å²) in [6.07, 6.45) is 0.175. The molecule has 2 amide bonds. The first-order valence-electron chi connectivity index (χ1n) is 12.7. The quantitative estimate of drug-likeness (QED) is 0.310. The lowest BCUT2D eigenvalue weighted by Crippen LogP contribution is -2.63. The Morgan fingerprint density at radius 3 is 2.27 bits per heavy atom. The first-order valence-corrected chi connectivity index (χ1v) is 12.7. The number of benzene rings is 2. The van der Waals surface area contributed by atoms with Crippen LogP contribution in [0, 0.1) is 11.8 Å². The molecule has 3 aliphatic carbocycles. The fourth-order valence-electron chi connectivity index (χ4n) is 6.46. The number of Topliss-reactive ketones (excluding diaryl/α,β-unsaturated/α-hetero) is 2. The Kier molecular flexibility index (Phi) is 6.31. The van der Waals surface area contributed by atoms with Crippen LogP contribution in [0.1, 0.15) is 29.3 Å². The topological polar surface area (TPSA) is 190 Å². The second-order valence-electron chi connectivity index (χ2n) is 10.7. The van der Waals surface area contributed by atoms with Crippen molar-refractivity contribution in [3.05, 3.63) is 70.2 Å². The fourth-order valence-corrected chi connectivity index (χ4v) is 6.46. The molecule has 0 saturated heterocycles. The van der Waals surface area contributed by atoms with E-state index in [1.807, 2.05) is 0 Å². The van der Waals surface area contributed by atoms with Crippen LogP contribution in [0.15, 0.2) is 59.1 Å². The Balaban J connectivity index is 1.66. The van der Waals surface area contributed by atoms with Gasteiger partial charge in [0.15, 0.2) is 11.4 Å². The summed E-state index contributed by atoms with van der Waals surface area (Å²) in [5, 5.41) is 47.4. The zero-order valence-electron chi connectivity index (χ0n) is 22.1. The first-order chi connectivity index (χ1) is 18.8. The van der Waals surface area contributed by atoms with Gasteiger partial charge in [0.1, 0.15) is 22.8 Å². The largest absolute Gasteiger partial charge is 0.510 e. The van der Waals surface area contributed by atoms with Crippen molar-refractivity contribution < 1.29 is 39.6 Å². The number of hydrogen-bond donors (Lipinski definition) is 6. The molecule has 0 aliphatic heterocycles. The molecule has 4 atom stereocenters. The summed E-state index contributed by atoms with van der Waals surface area (Å²) in [5.41, 5.74) is 4.02. The number of likely N-dealkylation sites (N-methyl/N-ethyl adjacent to an activating group) is 1. The number of nitrogens with two attached hydrogens (primary N) is 1. The van der Waals surface area contributed by atoms with E-state index in [2.05, 4.69) is 5.32 Å². The predicted octanol–water partition coefficient (Wildman–Crippen LogP) is 1.75. The maximum Gasteiger partial charge on any atom is 0.255 e. The van der Waals surface area contributed by atoms with Gasteiger partial charge in [-0.1, -0.05) is 18.2 Å². The van der Waals surface area contributed by atoms with Gasteiger partial charge in [-0.15, -0.1) is 0 Å². The number of carbonyl (C=O) groups excluding carboxylic acids is 4. The van der Waals surface area contributed by atoms with Gasteiger partial charge < -0.3 is 31.5 Å². The van der Waals surface area contributed by atoms with Gasteiger partial charge in [-0.05, 0) is 67.7 Å². The molecule has 3 aliphatic rings. The van der Waals surface area contributed by atoms with Gasteiger partial charge in [0.2, 0.25) is 11.7 Å². The SMILES string of the molecule is CC(=O)Nc1ccc(-c2ccc(O)c3c2C[C@@H]2C[C@@H]4[C@@H](N(C)C)C(O)=C(C(N)=O)C(=O)[C@]4(O)C(O)=C2C3=O)cc1. The number of nitrogens with zero attached hydrogens (tertiary/aromatic N) is 1. The molecule has 0 fully saturated rings. The number of aromatic hydroxyl groups is 1. The molecular weight excluding hydrogens is 518 g/mol. The Hall–Kier alpha value is -4.48. The van der Waals surface area contributed by atoms with Gasteiger partial charge in [-0.25, -0.2) is 0 Å². The summed E-state index contributed by atoms with van der Waals surface area (Å²) in [6, 6.07) is 8.91. The molecule has 208 valence electrons. The highest BCUT2D eigenvalue weighted by Crippen LogP contribution is 2.53. The van der Waals surface area contributed by atoms with Crippen molar-refractivity contribution in [2.45, 2.75) is 31.4 Å². The van der Waals surface area contributed by atoms with Crippen LogP contribution in [0.3, 0.4) is 0 Å². The summed E-state index contributed by atoms with van der Waals surface area (Å²) < 4.78 is 0. The van der Waals surface area contributed by atoms with Crippen molar-refractivity contribution in [1.82, 2.24) is 4.90 Å². The molecule has 0 spiro atoms. The number of aliphatic hydroxyl groups excluding tert-OH is 2. The Bertz CT molecular complexity index is 1560. The monoisotopic (exact) mass is 547 g/mol. The number of anilines is 1. The van der Waals surface area contributed by atoms with Gasteiger partial charge in [0, 0.05) is 24.1 Å². The van der Waals surface area contributed by atoms with E-state index in [0.29, 0.717) is 22.4 Å². The maximum absolute atomic E-state index is 13.8. The van der Waals surface area contributed by atoms with Crippen LogP contribution in [-0.4, -0.2) is 74.4 Å². The number of allylic oxidation sites excluding steroid dienone is 1. The lowest BCUT2D eigenvalue weighted by atomic mass is 9.58. The molecule has 11 nitrogen and oxygen atoms in total. The summed E-state index contributed by atoms with van der Waals surface area (Å²) in [6.45, 7) is 1.40. The molecule has 40 heavy (non-hydrogen) atoms. The van der Waals surface area contributed by atoms with E-state index >= 15 is 0 Å². The van der Waals surface area contributed by atoms with Gasteiger partial charge in [-0.2, -0.15) is 0 Å². The Morgan fingerprint density at radius 2 is 1.70 bits per heavy atom. The van der Waals surface area contributed by atoms with Crippen LogP contribution in [0.25, 0.3) is 11.1 Å². The van der Waals surface area contributed by atoms with Crippen LogP contribution in [0.4, 0.5) is 5.69 Å². The molecule has 2 aromatic rings. The minimum atomic E-state index is -2.68.